The van der Waals surface area contributed by atoms with Crippen LogP contribution in [0.2, 0.25) is 0 Å². The topological polar surface area (TPSA) is 17.1 Å². The average Bonchev–Trinajstić information content (AvgIpc) is 2.26. The van der Waals surface area contributed by atoms with Crippen molar-refractivity contribution in [1.29, 1.82) is 0 Å². The van der Waals surface area contributed by atoms with E-state index in [-0.39, 0.29) is 6.42 Å². The second-order valence-electron chi connectivity index (χ2n) is 4.35. The molecule has 0 bridgehead atoms. The third kappa shape index (κ3) is 10.1. The minimum absolute atomic E-state index is 0.0491. The maximum Gasteiger partial charge on any atom is 0.295 e. The molecule has 0 rings (SSSR count). The molecule has 0 unspecified atom stereocenters. The minimum atomic E-state index is -2.77. The molecule has 0 amide bonds. The second kappa shape index (κ2) is 11.0. The third-order valence-corrected chi connectivity index (χ3v) is 2.77. The molecule has 0 aliphatic heterocycles. The van der Waals surface area contributed by atoms with Gasteiger partial charge in [-0.05, 0) is 6.42 Å². The van der Waals surface area contributed by atoms with Crippen LogP contribution in [0.1, 0.15) is 71.1 Å². The normalized spacial score (nSPS) is 11.0. The molecular weight excluding hydrogens is 210 g/mol. The first-order valence-electron chi connectivity index (χ1n) is 6.49. The van der Waals surface area contributed by atoms with Gasteiger partial charge in [-0.25, -0.2) is 8.78 Å². The highest BCUT2D eigenvalue weighted by Crippen LogP contribution is 2.11. The van der Waals surface area contributed by atoms with E-state index in [2.05, 4.69) is 6.92 Å². The third-order valence-electron chi connectivity index (χ3n) is 2.77. The number of Topliss-reactive ketones (excluding diaryl/α,β-unsaturated/α-hetero) is 1. The van der Waals surface area contributed by atoms with Crippen molar-refractivity contribution in [3.63, 3.8) is 0 Å². The summed E-state index contributed by atoms with van der Waals surface area (Å²) in [6, 6.07) is 0. The zero-order valence-corrected chi connectivity index (χ0v) is 10.3. The molecule has 0 saturated carbocycles. The Morgan fingerprint density at radius 1 is 0.875 bits per heavy atom. The standard InChI is InChI=1S/C13H24F2O/c1-2-3-4-5-6-7-8-9-10-11-12(16)13(14)15/h13H,2-11H2,1H3. The zero-order chi connectivity index (χ0) is 12.2. The fourth-order valence-electron chi connectivity index (χ4n) is 1.72. The van der Waals surface area contributed by atoms with E-state index >= 15 is 0 Å². The molecule has 0 aromatic rings. The summed E-state index contributed by atoms with van der Waals surface area (Å²) >= 11 is 0. The SMILES string of the molecule is CCCCCCCCCCCC(=O)C(F)F. The predicted molar refractivity (Wildman–Crippen MR) is 62.9 cm³/mol. The van der Waals surface area contributed by atoms with Crippen molar-refractivity contribution in [3.05, 3.63) is 0 Å². The molecule has 16 heavy (non-hydrogen) atoms. The van der Waals surface area contributed by atoms with E-state index in [4.69, 9.17) is 0 Å². The minimum Gasteiger partial charge on any atom is -0.293 e. The quantitative estimate of drug-likeness (QED) is 0.472. The van der Waals surface area contributed by atoms with Crippen LogP contribution in [-0.4, -0.2) is 12.2 Å². The molecule has 0 heterocycles. The Morgan fingerprint density at radius 2 is 1.31 bits per heavy atom. The van der Waals surface area contributed by atoms with Crippen LogP contribution in [0.25, 0.3) is 0 Å². The van der Waals surface area contributed by atoms with Gasteiger partial charge in [-0.15, -0.1) is 0 Å². The summed E-state index contributed by atoms with van der Waals surface area (Å²) in [7, 11) is 0. The monoisotopic (exact) mass is 234 g/mol. The highest BCUT2D eigenvalue weighted by molar-refractivity contribution is 5.81. The highest BCUT2D eigenvalue weighted by atomic mass is 19.3. The van der Waals surface area contributed by atoms with E-state index in [1.165, 1.54) is 38.5 Å². The van der Waals surface area contributed by atoms with Crippen molar-refractivity contribution in [2.45, 2.75) is 77.6 Å². The number of carbonyl (C=O) groups is 1. The number of halogens is 2. The lowest BCUT2D eigenvalue weighted by Crippen LogP contribution is -2.08. The van der Waals surface area contributed by atoms with E-state index < -0.39 is 12.2 Å². The van der Waals surface area contributed by atoms with Gasteiger partial charge in [0, 0.05) is 6.42 Å². The van der Waals surface area contributed by atoms with E-state index in [9.17, 15) is 13.6 Å². The predicted octanol–water partition coefficient (Wildman–Crippen LogP) is 4.74. The molecule has 0 aromatic heterocycles. The molecule has 0 aliphatic carbocycles. The van der Waals surface area contributed by atoms with Crippen molar-refractivity contribution >= 4 is 5.78 Å². The molecule has 0 aliphatic rings. The molecular formula is C13H24F2O. The molecule has 3 heteroatoms. The second-order valence-corrected chi connectivity index (χ2v) is 4.35. The van der Waals surface area contributed by atoms with E-state index in [0.29, 0.717) is 6.42 Å². The number of hydrogen-bond donors (Lipinski definition) is 0. The smallest absolute Gasteiger partial charge is 0.293 e. The highest BCUT2D eigenvalue weighted by Gasteiger charge is 2.13. The molecule has 0 fully saturated rings. The van der Waals surface area contributed by atoms with Gasteiger partial charge in [0.2, 0.25) is 0 Å². The number of unbranched alkanes of at least 4 members (excludes halogenated alkanes) is 8. The summed E-state index contributed by atoms with van der Waals surface area (Å²) in [5.74, 6) is -0.900. The summed E-state index contributed by atoms with van der Waals surface area (Å²) in [5, 5.41) is 0. The van der Waals surface area contributed by atoms with Crippen LogP contribution >= 0.6 is 0 Å². The summed E-state index contributed by atoms with van der Waals surface area (Å²) < 4.78 is 23.7. The van der Waals surface area contributed by atoms with Crippen molar-refractivity contribution in [3.8, 4) is 0 Å². The van der Waals surface area contributed by atoms with Crippen LogP contribution in [0.4, 0.5) is 8.78 Å². The first kappa shape index (κ1) is 15.5. The van der Waals surface area contributed by atoms with E-state index in [1.807, 2.05) is 0 Å². The largest absolute Gasteiger partial charge is 0.295 e. The van der Waals surface area contributed by atoms with Crippen molar-refractivity contribution in [2.75, 3.05) is 0 Å². The van der Waals surface area contributed by atoms with Gasteiger partial charge >= 0.3 is 0 Å². The molecule has 0 aromatic carbocycles. The molecule has 0 spiro atoms. The lowest BCUT2D eigenvalue weighted by molar-refractivity contribution is -0.129. The average molecular weight is 234 g/mol. The molecule has 0 atom stereocenters. The van der Waals surface area contributed by atoms with Crippen LogP contribution < -0.4 is 0 Å². The molecule has 0 N–H and O–H groups in total. The van der Waals surface area contributed by atoms with Crippen molar-refractivity contribution < 1.29 is 13.6 Å². The number of ketones is 1. The first-order chi connectivity index (χ1) is 7.68. The number of hydrogen-bond acceptors (Lipinski definition) is 1. The van der Waals surface area contributed by atoms with Gasteiger partial charge in [-0.3, -0.25) is 4.79 Å². The van der Waals surface area contributed by atoms with Crippen molar-refractivity contribution in [2.24, 2.45) is 0 Å². The Morgan fingerprint density at radius 3 is 1.75 bits per heavy atom. The van der Waals surface area contributed by atoms with Gasteiger partial charge in [0.15, 0.2) is 5.78 Å². The maximum absolute atomic E-state index is 11.8. The van der Waals surface area contributed by atoms with E-state index in [1.54, 1.807) is 0 Å². The Hall–Kier alpha value is -0.470. The van der Waals surface area contributed by atoms with Gasteiger partial charge in [0.05, 0.1) is 0 Å². The number of carbonyl (C=O) groups excluding carboxylic acids is 1. The van der Waals surface area contributed by atoms with E-state index in [0.717, 1.165) is 12.8 Å². The lowest BCUT2D eigenvalue weighted by atomic mass is 10.1. The van der Waals surface area contributed by atoms with Gasteiger partial charge in [0.25, 0.3) is 6.43 Å². The maximum atomic E-state index is 11.8. The number of alkyl halides is 2. The van der Waals surface area contributed by atoms with Gasteiger partial charge in [0.1, 0.15) is 0 Å². The van der Waals surface area contributed by atoms with Crippen LogP contribution in [-0.2, 0) is 4.79 Å². The van der Waals surface area contributed by atoms with Crippen LogP contribution in [0.3, 0.4) is 0 Å². The first-order valence-corrected chi connectivity index (χ1v) is 6.49. The summed E-state index contributed by atoms with van der Waals surface area (Å²) in [4.78, 5) is 10.6. The van der Waals surface area contributed by atoms with Crippen LogP contribution in [0, 0.1) is 0 Å². The fraction of sp³-hybridized carbons (Fsp3) is 0.923. The van der Waals surface area contributed by atoms with Gasteiger partial charge in [-0.1, -0.05) is 58.3 Å². The van der Waals surface area contributed by atoms with Crippen molar-refractivity contribution in [1.82, 2.24) is 0 Å². The zero-order valence-electron chi connectivity index (χ0n) is 10.3. The van der Waals surface area contributed by atoms with Gasteiger partial charge in [-0.2, -0.15) is 0 Å². The Balaban J connectivity index is 3.07. The molecule has 96 valence electrons. The molecule has 0 radical (unpaired) electrons. The van der Waals surface area contributed by atoms with Gasteiger partial charge < -0.3 is 0 Å². The summed E-state index contributed by atoms with van der Waals surface area (Å²) in [6.07, 6.45) is 7.45. The Labute approximate surface area is 97.6 Å². The number of rotatable bonds is 11. The fourth-order valence-corrected chi connectivity index (χ4v) is 1.72. The Kier molecular flexibility index (Phi) is 10.7. The molecule has 1 nitrogen and oxygen atoms in total. The molecule has 0 saturated heterocycles. The summed E-state index contributed by atoms with van der Waals surface area (Å²) in [6.45, 7) is 2.19. The lowest BCUT2D eigenvalue weighted by Gasteiger charge is -2.01. The van der Waals surface area contributed by atoms with Crippen LogP contribution in [0.5, 0.6) is 0 Å². The Bertz CT molecular complexity index is 169. The summed E-state index contributed by atoms with van der Waals surface area (Å²) in [5.41, 5.74) is 0. The van der Waals surface area contributed by atoms with Crippen LogP contribution in [0.15, 0.2) is 0 Å².